The molecule has 0 bridgehead atoms. The Hall–Kier alpha value is -0.340. The highest BCUT2D eigenvalue weighted by Gasteiger charge is 2.17. The number of hydrogen-bond donors (Lipinski definition) is 0. The molecule has 1 nitrogen and oxygen atoms in total. The Morgan fingerprint density at radius 3 is 2.92 bits per heavy atom. The van der Waals surface area contributed by atoms with Crippen molar-refractivity contribution in [2.24, 2.45) is 0 Å². The standard InChI is InChI=1S/C10H13ClOS/c1-2-3-4-9(10(11)12)8-5-6-13-7-8/h5-7,9H,2-4H2,1H3. The van der Waals surface area contributed by atoms with Crippen LogP contribution in [0.2, 0.25) is 0 Å². The fraction of sp³-hybridized carbons (Fsp3) is 0.500. The van der Waals surface area contributed by atoms with E-state index in [4.69, 9.17) is 11.6 Å². The first-order valence-electron chi connectivity index (χ1n) is 4.47. The average molecular weight is 217 g/mol. The van der Waals surface area contributed by atoms with Crippen LogP contribution < -0.4 is 0 Å². The molecule has 0 N–H and O–H groups in total. The van der Waals surface area contributed by atoms with Gasteiger partial charge in [-0.3, -0.25) is 4.79 Å². The van der Waals surface area contributed by atoms with Crippen LogP contribution in [-0.4, -0.2) is 5.24 Å². The first-order valence-corrected chi connectivity index (χ1v) is 5.79. The molecular weight excluding hydrogens is 204 g/mol. The van der Waals surface area contributed by atoms with Crippen LogP contribution in [0.25, 0.3) is 0 Å². The molecule has 0 aliphatic rings. The summed E-state index contributed by atoms with van der Waals surface area (Å²) < 4.78 is 0. The van der Waals surface area contributed by atoms with Gasteiger partial charge in [0, 0.05) is 0 Å². The van der Waals surface area contributed by atoms with Crippen LogP contribution in [-0.2, 0) is 4.79 Å². The number of thiophene rings is 1. The van der Waals surface area contributed by atoms with Crippen molar-refractivity contribution >= 4 is 28.2 Å². The molecule has 0 aliphatic carbocycles. The fourth-order valence-corrected chi connectivity index (χ4v) is 2.24. The Balaban J connectivity index is 2.63. The summed E-state index contributed by atoms with van der Waals surface area (Å²) in [5.41, 5.74) is 1.07. The third-order valence-corrected chi connectivity index (χ3v) is 3.03. The Bertz CT molecular complexity index is 256. The maximum Gasteiger partial charge on any atom is 0.229 e. The number of carbonyl (C=O) groups excluding carboxylic acids is 1. The number of halogens is 1. The van der Waals surface area contributed by atoms with E-state index in [0.717, 1.165) is 24.8 Å². The number of unbranched alkanes of at least 4 members (excludes halogenated alkanes) is 1. The third kappa shape index (κ3) is 3.12. The lowest BCUT2D eigenvalue weighted by Crippen LogP contribution is -2.05. The maximum atomic E-state index is 11.1. The van der Waals surface area contributed by atoms with Crippen molar-refractivity contribution in [1.29, 1.82) is 0 Å². The highest BCUT2D eigenvalue weighted by molar-refractivity contribution is 7.08. The van der Waals surface area contributed by atoms with Crippen molar-refractivity contribution < 1.29 is 4.79 Å². The Morgan fingerprint density at radius 1 is 1.69 bits per heavy atom. The molecule has 0 spiro atoms. The molecule has 3 heteroatoms. The van der Waals surface area contributed by atoms with Gasteiger partial charge in [0.1, 0.15) is 0 Å². The van der Waals surface area contributed by atoms with Gasteiger partial charge in [-0.05, 0) is 40.4 Å². The molecule has 1 atom stereocenters. The van der Waals surface area contributed by atoms with Crippen LogP contribution in [0.4, 0.5) is 0 Å². The first kappa shape index (κ1) is 10.7. The third-order valence-electron chi connectivity index (χ3n) is 2.07. The van der Waals surface area contributed by atoms with Crippen LogP contribution in [0.15, 0.2) is 16.8 Å². The first-order chi connectivity index (χ1) is 6.25. The van der Waals surface area contributed by atoms with E-state index in [-0.39, 0.29) is 11.2 Å². The molecule has 1 unspecified atom stereocenters. The Labute approximate surface area is 87.7 Å². The van der Waals surface area contributed by atoms with E-state index in [1.165, 1.54) is 0 Å². The van der Waals surface area contributed by atoms with Gasteiger partial charge in [-0.15, -0.1) is 0 Å². The zero-order valence-electron chi connectivity index (χ0n) is 7.63. The van der Waals surface area contributed by atoms with E-state index < -0.39 is 0 Å². The Kier molecular flexibility index (Phi) is 4.46. The summed E-state index contributed by atoms with van der Waals surface area (Å²) in [6.45, 7) is 2.11. The summed E-state index contributed by atoms with van der Waals surface area (Å²) >= 11 is 7.14. The molecule has 0 amide bonds. The van der Waals surface area contributed by atoms with Gasteiger partial charge in [0.05, 0.1) is 5.92 Å². The van der Waals surface area contributed by atoms with Gasteiger partial charge in [0.2, 0.25) is 5.24 Å². The molecule has 0 aromatic carbocycles. The molecule has 0 saturated carbocycles. The zero-order valence-corrected chi connectivity index (χ0v) is 9.20. The average Bonchev–Trinajstić information content (AvgIpc) is 2.57. The lowest BCUT2D eigenvalue weighted by atomic mass is 9.97. The van der Waals surface area contributed by atoms with Crippen LogP contribution in [0.5, 0.6) is 0 Å². The van der Waals surface area contributed by atoms with Gasteiger partial charge in [-0.2, -0.15) is 11.3 Å². The molecule has 72 valence electrons. The number of rotatable bonds is 5. The normalized spacial score (nSPS) is 12.8. The molecule has 1 rings (SSSR count). The molecule has 1 aromatic rings. The van der Waals surface area contributed by atoms with Crippen molar-refractivity contribution in [3.8, 4) is 0 Å². The van der Waals surface area contributed by atoms with Crippen LogP contribution in [0.1, 0.15) is 37.7 Å². The second-order valence-electron chi connectivity index (χ2n) is 3.06. The van der Waals surface area contributed by atoms with Crippen molar-refractivity contribution in [2.45, 2.75) is 32.1 Å². The van der Waals surface area contributed by atoms with Gasteiger partial charge in [0.15, 0.2) is 0 Å². The molecule has 1 heterocycles. The predicted octanol–water partition coefficient (Wildman–Crippen LogP) is 3.79. The quantitative estimate of drug-likeness (QED) is 0.685. The summed E-state index contributed by atoms with van der Waals surface area (Å²) in [4.78, 5) is 11.1. The van der Waals surface area contributed by atoms with Crippen molar-refractivity contribution in [2.75, 3.05) is 0 Å². The van der Waals surface area contributed by atoms with Gasteiger partial charge < -0.3 is 0 Å². The molecular formula is C10H13ClOS. The van der Waals surface area contributed by atoms with Crippen molar-refractivity contribution in [3.05, 3.63) is 22.4 Å². The van der Waals surface area contributed by atoms with Crippen LogP contribution in [0.3, 0.4) is 0 Å². The summed E-state index contributed by atoms with van der Waals surface area (Å²) in [6.07, 6.45) is 3.03. The largest absolute Gasteiger partial charge is 0.281 e. The van der Waals surface area contributed by atoms with E-state index in [0.29, 0.717) is 0 Å². The predicted molar refractivity (Wildman–Crippen MR) is 57.4 cm³/mol. The van der Waals surface area contributed by atoms with Crippen LogP contribution in [0, 0.1) is 0 Å². The highest BCUT2D eigenvalue weighted by Crippen LogP contribution is 2.26. The zero-order chi connectivity index (χ0) is 9.68. The lowest BCUT2D eigenvalue weighted by molar-refractivity contribution is -0.113. The Morgan fingerprint density at radius 2 is 2.46 bits per heavy atom. The van der Waals surface area contributed by atoms with E-state index in [9.17, 15) is 4.79 Å². The van der Waals surface area contributed by atoms with Gasteiger partial charge in [0.25, 0.3) is 0 Å². The minimum atomic E-state index is -0.230. The second kappa shape index (κ2) is 5.40. The van der Waals surface area contributed by atoms with Crippen molar-refractivity contribution in [3.63, 3.8) is 0 Å². The smallest absolute Gasteiger partial charge is 0.229 e. The van der Waals surface area contributed by atoms with Gasteiger partial charge in [-0.1, -0.05) is 19.8 Å². The minimum absolute atomic E-state index is 0.0899. The lowest BCUT2D eigenvalue weighted by Gasteiger charge is -2.09. The van der Waals surface area contributed by atoms with E-state index >= 15 is 0 Å². The molecule has 0 fully saturated rings. The summed E-state index contributed by atoms with van der Waals surface area (Å²) in [6, 6.07) is 1.98. The molecule has 0 aliphatic heterocycles. The summed E-state index contributed by atoms with van der Waals surface area (Å²) in [5, 5.41) is 3.75. The molecule has 13 heavy (non-hydrogen) atoms. The summed E-state index contributed by atoms with van der Waals surface area (Å²) in [5.74, 6) is -0.0899. The monoisotopic (exact) mass is 216 g/mol. The number of hydrogen-bond acceptors (Lipinski definition) is 2. The second-order valence-corrected chi connectivity index (χ2v) is 4.21. The van der Waals surface area contributed by atoms with Gasteiger partial charge in [-0.25, -0.2) is 0 Å². The topological polar surface area (TPSA) is 17.1 Å². The van der Waals surface area contributed by atoms with E-state index in [2.05, 4.69) is 6.92 Å². The van der Waals surface area contributed by atoms with Gasteiger partial charge >= 0.3 is 0 Å². The molecule has 0 radical (unpaired) electrons. The SMILES string of the molecule is CCCCC(C(=O)Cl)c1ccsc1. The molecule has 1 aromatic heterocycles. The minimum Gasteiger partial charge on any atom is -0.281 e. The molecule has 0 saturated heterocycles. The summed E-state index contributed by atoms with van der Waals surface area (Å²) in [7, 11) is 0. The maximum absolute atomic E-state index is 11.1. The number of carbonyl (C=O) groups is 1. The van der Waals surface area contributed by atoms with E-state index in [1.807, 2.05) is 16.8 Å². The fourth-order valence-electron chi connectivity index (χ4n) is 1.29. The van der Waals surface area contributed by atoms with Crippen molar-refractivity contribution in [1.82, 2.24) is 0 Å². The van der Waals surface area contributed by atoms with E-state index in [1.54, 1.807) is 11.3 Å². The van der Waals surface area contributed by atoms with Crippen LogP contribution >= 0.6 is 22.9 Å². The highest BCUT2D eigenvalue weighted by atomic mass is 35.5.